The summed E-state index contributed by atoms with van der Waals surface area (Å²) >= 11 is 0. The van der Waals surface area contributed by atoms with Crippen molar-refractivity contribution < 1.29 is 9.47 Å². The third kappa shape index (κ3) is 5.45. The van der Waals surface area contributed by atoms with Crippen molar-refractivity contribution in [3.63, 3.8) is 0 Å². The lowest BCUT2D eigenvalue weighted by molar-refractivity contribution is 0.0323. The minimum atomic E-state index is -0.575. The van der Waals surface area contributed by atoms with Gasteiger partial charge in [0.2, 0.25) is 5.95 Å². The molecule has 1 fully saturated rings. The van der Waals surface area contributed by atoms with Crippen LogP contribution in [0.5, 0.6) is 5.75 Å². The second kappa shape index (κ2) is 11.3. The molecule has 39 heavy (non-hydrogen) atoms. The number of aromatic nitrogens is 4. The van der Waals surface area contributed by atoms with E-state index >= 15 is 0 Å². The highest BCUT2D eigenvalue weighted by Crippen LogP contribution is 2.27. The number of morpholine rings is 1. The van der Waals surface area contributed by atoms with E-state index in [0.717, 1.165) is 19.6 Å². The highest BCUT2D eigenvalue weighted by atomic mass is 16.5. The molecule has 0 aliphatic carbocycles. The van der Waals surface area contributed by atoms with Crippen LogP contribution in [0.3, 0.4) is 0 Å². The van der Waals surface area contributed by atoms with Crippen LogP contribution in [-0.4, -0.2) is 63.9 Å². The largest absolute Gasteiger partial charge is 0.491 e. The van der Waals surface area contributed by atoms with E-state index in [1.54, 1.807) is 12.1 Å². The first-order chi connectivity index (χ1) is 19.0. The summed E-state index contributed by atoms with van der Waals surface area (Å²) in [5, 5.41) is 13.1. The average Bonchev–Trinajstić information content (AvgIpc) is 2.94. The van der Waals surface area contributed by atoms with Gasteiger partial charge < -0.3 is 26.3 Å². The van der Waals surface area contributed by atoms with Crippen molar-refractivity contribution in [1.82, 2.24) is 24.4 Å². The van der Waals surface area contributed by atoms with Gasteiger partial charge in [0, 0.05) is 19.6 Å². The minimum absolute atomic E-state index is 0.0366. The number of para-hydroxylation sites is 1. The Bertz CT molecular complexity index is 1580. The molecule has 1 atom stereocenters. The van der Waals surface area contributed by atoms with E-state index in [2.05, 4.69) is 20.2 Å². The third-order valence-corrected chi connectivity index (χ3v) is 6.48. The molecule has 0 spiro atoms. The molecule has 4 aromatic rings. The monoisotopic (exact) mass is 527 g/mol. The van der Waals surface area contributed by atoms with E-state index in [9.17, 15) is 10.1 Å². The maximum absolute atomic E-state index is 14.1. The Morgan fingerprint density at radius 2 is 1.87 bits per heavy atom. The van der Waals surface area contributed by atoms with Gasteiger partial charge in [0.05, 0.1) is 30.5 Å². The molecule has 1 aliphatic heterocycles. The Hall–Kier alpha value is -4.73. The fourth-order valence-electron chi connectivity index (χ4n) is 4.54. The van der Waals surface area contributed by atoms with Gasteiger partial charge in [-0.2, -0.15) is 15.2 Å². The molecule has 0 radical (unpaired) electrons. The van der Waals surface area contributed by atoms with Crippen molar-refractivity contribution in [2.24, 2.45) is 0 Å². The zero-order chi connectivity index (χ0) is 27.4. The van der Waals surface area contributed by atoms with Gasteiger partial charge in [-0.25, -0.2) is 4.98 Å². The maximum Gasteiger partial charge on any atom is 0.269 e. The Morgan fingerprint density at radius 1 is 1.10 bits per heavy atom. The van der Waals surface area contributed by atoms with Gasteiger partial charge in [0.25, 0.3) is 5.56 Å². The molecule has 12 heteroatoms. The first-order valence-electron chi connectivity index (χ1n) is 12.6. The number of nitrogens with zero attached hydrogens (tertiary/aromatic N) is 6. The smallest absolute Gasteiger partial charge is 0.269 e. The highest BCUT2D eigenvalue weighted by Gasteiger charge is 2.22. The summed E-state index contributed by atoms with van der Waals surface area (Å²) in [6.45, 7) is 6.09. The van der Waals surface area contributed by atoms with Gasteiger partial charge in [-0.05, 0) is 31.2 Å². The lowest BCUT2D eigenvalue weighted by Gasteiger charge is -2.26. The number of nitriles is 1. The molecule has 200 valence electrons. The number of hydrogen-bond acceptors (Lipinski definition) is 11. The molecular formula is C27H29N9O3. The molecule has 1 saturated heterocycles. The van der Waals surface area contributed by atoms with Crippen LogP contribution in [0.15, 0.2) is 53.3 Å². The SMILES string of the molecule is C[C@H](Nc1nc(N)nc(N)c1C#N)c1nc2cccc(OCCN3CCOCC3)c2c(=O)n1-c1ccccc1. The predicted octanol–water partition coefficient (Wildman–Crippen LogP) is 2.10. The van der Waals surface area contributed by atoms with Crippen molar-refractivity contribution in [2.45, 2.75) is 13.0 Å². The van der Waals surface area contributed by atoms with Crippen LogP contribution in [0.25, 0.3) is 16.6 Å². The van der Waals surface area contributed by atoms with Crippen LogP contribution in [0.2, 0.25) is 0 Å². The molecule has 0 unspecified atom stereocenters. The average molecular weight is 528 g/mol. The molecule has 0 amide bonds. The summed E-state index contributed by atoms with van der Waals surface area (Å²) in [7, 11) is 0. The molecule has 5 rings (SSSR count). The Labute approximate surface area is 224 Å². The summed E-state index contributed by atoms with van der Waals surface area (Å²) in [6.07, 6.45) is 0. The molecular weight excluding hydrogens is 498 g/mol. The molecule has 2 aromatic heterocycles. The molecule has 5 N–H and O–H groups in total. The van der Waals surface area contributed by atoms with Crippen molar-refractivity contribution >= 4 is 28.5 Å². The van der Waals surface area contributed by atoms with E-state index < -0.39 is 6.04 Å². The number of hydrogen-bond donors (Lipinski definition) is 3. The number of ether oxygens (including phenoxy) is 2. The van der Waals surface area contributed by atoms with Gasteiger partial charge in [0.1, 0.15) is 41.0 Å². The summed E-state index contributed by atoms with van der Waals surface area (Å²) in [4.78, 5) is 29.2. The lowest BCUT2D eigenvalue weighted by Crippen LogP contribution is -2.38. The van der Waals surface area contributed by atoms with Crippen LogP contribution in [0.4, 0.5) is 17.6 Å². The topological polar surface area (TPSA) is 170 Å². The summed E-state index contributed by atoms with van der Waals surface area (Å²) in [5.74, 6) is 0.920. The quantitative estimate of drug-likeness (QED) is 0.306. The van der Waals surface area contributed by atoms with Crippen LogP contribution < -0.4 is 27.1 Å². The zero-order valence-electron chi connectivity index (χ0n) is 21.5. The van der Waals surface area contributed by atoms with Crippen molar-refractivity contribution in [2.75, 3.05) is 56.2 Å². The third-order valence-electron chi connectivity index (χ3n) is 6.48. The first-order valence-corrected chi connectivity index (χ1v) is 12.6. The molecule has 2 aromatic carbocycles. The second-order valence-corrected chi connectivity index (χ2v) is 9.07. The van der Waals surface area contributed by atoms with E-state index in [1.807, 2.05) is 49.4 Å². The van der Waals surface area contributed by atoms with Gasteiger partial charge in [-0.15, -0.1) is 0 Å². The highest BCUT2D eigenvalue weighted by molar-refractivity contribution is 5.84. The number of fused-ring (bicyclic) bond motifs is 1. The fourth-order valence-corrected chi connectivity index (χ4v) is 4.54. The van der Waals surface area contributed by atoms with Crippen molar-refractivity contribution in [3.05, 3.63) is 70.3 Å². The van der Waals surface area contributed by atoms with Crippen LogP contribution in [0, 0.1) is 11.3 Å². The minimum Gasteiger partial charge on any atom is -0.491 e. The van der Waals surface area contributed by atoms with E-state index in [4.69, 9.17) is 25.9 Å². The van der Waals surface area contributed by atoms with Gasteiger partial charge in [0.15, 0.2) is 5.82 Å². The van der Waals surface area contributed by atoms with E-state index in [-0.39, 0.29) is 28.7 Å². The van der Waals surface area contributed by atoms with Gasteiger partial charge >= 0.3 is 0 Å². The number of benzene rings is 2. The molecule has 0 bridgehead atoms. The molecule has 3 heterocycles. The second-order valence-electron chi connectivity index (χ2n) is 9.07. The number of nitrogen functional groups attached to an aromatic ring is 2. The zero-order valence-corrected chi connectivity index (χ0v) is 21.5. The van der Waals surface area contributed by atoms with Crippen molar-refractivity contribution in [1.29, 1.82) is 5.26 Å². The van der Waals surface area contributed by atoms with Crippen molar-refractivity contribution in [3.8, 4) is 17.5 Å². The van der Waals surface area contributed by atoms with Crippen LogP contribution in [0.1, 0.15) is 24.4 Å². The van der Waals surface area contributed by atoms with E-state index in [0.29, 0.717) is 48.0 Å². The van der Waals surface area contributed by atoms with Gasteiger partial charge in [-0.3, -0.25) is 14.3 Å². The molecule has 0 saturated carbocycles. The van der Waals surface area contributed by atoms with E-state index in [1.165, 1.54) is 4.57 Å². The standard InChI is InChI=1S/C27H29N9O3/c1-17(31-24-19(16-28)23(29)33-27(30)34-24)25-32-20-8-5-9-21(39-15-12-35-10-13-38-14-11-35)22(20)26(37)36(25)18-6-3-2-4-7-18/h2-9,17H,10-15H2,1H3,(H5,29,30,31,33,34)/t17-/m0/s1. The number of nitrogens with two attached hydrogens (primary N) is 2. The predicted molar refractivity (Wildman–Crippen MR) is 148 cm³/mol. The van der Waals surface area contributed by atoms with Crippen LogP contribution in [-0.2, 0) is 4.74 Å². The summed E-state index contributed by atoms with van der Waals surface area (Å²) in [5.41, 5.74) is 12.6. The Morgan fingerprint density at radius 3 is 2.62 bits per heavy atom. The van der Waals surface area contributed by atoms with Gasteiger partial charge in [-0.1, -0.05) is 24.3 Å². The fraction of sp³-hybridized carbons (Fsp3) is 0.296. The lowest BCUT2D eigenvalue weighted by atomic mass is 10.1. The first kappa shape index (κ1) is 25.9. The van der Waals surface area contributed by atoms with Crippen LogP contribution >= 0.6 is 0 Å². The normalized spacial score (nSPS) is 14.6. The Kier molecular flexibility index (Phi) is 7.53. The number of rotatable bonds is 8. The molecule has 1 aliphatic rings. The number of anilines is 3. The molecule has 12 nitrogen and oxygen atoms in total. The summed E-state index contributed by atoms with van der Waals surface area (Å²) in [6, 6.07) is 16.0. The Balaban J connectivity index is 1.56. The summed E-state index contributed by atoms with van der Waals surface area (Å²) < 4.78 is 13.1. The maximum atomic E-state index is 14.1. The number of nitrogens with one attached hydrogen (secondary N) is 1.